The molecule has 0 unspecified atom stereocenters. The molecule has 0 aliphatic carbocycles. The molecule has 2 aromatic carbocycles. The summed E-state index contributed by atoms with van der Waals surface area (Å²) >= 11 is 0. The molecule has 114 valence electrons. The number of carbonyl (C=O) groups excluding carboxylic acids is 1. The Morgan fingerprint density at radius 1 is 1.00 bits per heavy atom. The van der Waals surface area contributed by atoms with Crippen LogP contribution in [0.4, 0.5) is 0 Å². The maximum atomic E-state index is 12.0. The molecule has 0 bridgehead atoms. The van der Waals surface area contributed by atoms with Crippen LogP contribution in [0.25, 0.3) is 0 Å². The quantitative estimate of drug-likeness (QED) is 0.768. The summed E-state index contributed by atoms with van der Waals surface area (Å²) in [5, 5.41) is 11.9. The number of carboxylic acid groups (broad SMARTS) is 1. The summed E-state index contributed by atoms with van der Waals surface area (Å²) in [5.41, 5.74) is 1.79. The highest BCUT2D eigenvalue weighted by atomic mass is 16.5. The van der Waals surface area contributed by atoms with Crippen molar-refractivity contribution in [2.45, 2.75) is 6.54 Å². The Kier molecular flexibility index (Phi) is 5.27. The van der Waals surface area contributed by atoms with E-state index in [1.807, 2.05) is 0 Å². The van der Waals surface area contributed by atoms with E-state index in [9.17, 15) is 9.59 Å². The number of ether oxygens (including phenoxy) is 1. The molecule has 0 aliphatic heterocycles. The first-order chi connectivity index (χ1) is 10.6. The first kappa shape index (κ1) is 15.7. The number of nitrogens with one attached hydrogen (secondary N) is 1. The summed E-state index contributed by atoms with van der Waals surface area (Å²) in [4.78, 5) is 22.7. The number of carboxylic acids is 1. The smallest absolute Gasteiger partial charge is 0.335 e. The number of hydrogen-bond donors (Lipinski definition) is 2. The van der Waals surface area contributed by atoms with Crippen molar-refractivity contribution in [1.29, 1.82) is 0 Å². The molecule has 2 rings (SSSR count). The number of aromatic carboxylic acids is 1. The van der Waals surface area contributed by atoms with Gasteiger partial charge in [0, 0.05) is 12.1 Å². The molecule has 5 nitrogen and oxygen atoms in total. The lowest BCUT2D eigenvalue weighted by atomic mass is 10.1. The van der Waals surface area contributed by atoms with E-state index in [2.05, 4.69) is 5.32 Å². The van der Waals surface area contributed by atoms with Gasteiger partial charge in [-0.2, -0.15) is 0 Å². The van der Waals surface area contributed by atoms with Crippen LogP contribution in [0.5, 0.6) is 5.75 Å². The van der Waals surface area contributed by atoms with Crippen LogP contribution >= 0.6 is 0 Å². The van der Waals surface area contributed by atoms with Crippen molar-refractivity contribution in [2.24, 2.45) is 0 Å². The second kappa shape index (κ2) is 7.38. The van der Waals surface area contributed by atoms with Gasteiger partial charge in [-0.15, -0.1) is 0 Å². The molecule has 22 heavy (non-hydrogen) atoms. The molecule has 0 amide bonds. The molecule has 0 aliphatic rings. The summed E-state index contributed by atoms with van der Waals surface area (Å²) in [6.45, 7) is 0.717. The van der Waals surface area contributed by atoms with Gasteiger partial charge in [-0.05, 0) is 42.0 Å². The molecule has 2 aromatic rings. The van der Waals surface area contributed by atoms with Gasteiger partial charge >= 0.3 is 5.97 Å². The number of rotatable bonds is 7. The minimum Gasteiger partial charge on any atom is -0.497 e. The molecule has 0 atom stereocenters. The Bertz CT molecular complexity index is 647. The standard InChI is InChI=1S/C17H17NO4/c1-22-15-8-6-13(7-9-15)16(19)11-18-10-12-2-4-14(5-3-12)17(20)21/h2-9,18H,10-11H2,1H3,(H,20,21). The highest BCUT2D eigenvalue weighted by Gasteiger charge is 2.06. The van der Waals surface area contributed by atoms with Gasteiger partial charge in [0.25, 0.3) is 0 Å². The van der Waals surface area contributed by atoms with Crippen LogP contribution in [0.3, 0.4) is 0 Å². The van der Waals surface area contributed by atoms with E-state index in [-0.39, 0.29) is 17.9 Å². The fraction of sp³-hybridized carbons (Fsp3) is 0.176. The third-order valence-corrected chi connectivity index (χ3v) is 3.23. The highest BCUT2D eigenvalue weighted by molar-refractivity contribution is 5.97. The number of Topliss-reactive ketones (excluding diaryl/α,β-unsaturated/α-hetero) is 1. The molecular formula is C17H17NO4. The fourth-order valence-electron chi connectivity index (χ4n) is 1.96. The Morgan fingerprint density at radius 3 is 2.14 bits per heavy atom. The largest absolute Gasteiger partial charge is 0.497 e. The third kappa shape index (κ3) is 4.17. The van der Waals surface area contributed by atoms with Crippen molar-refractivity contribution in [3.05, 3.63) is 65.2 Å². The van der Waals surface area contributed by atoms with Gasteiger partial charge in [-0.3, -0.25) is 4.79 Å². The molecule has 0 heterocycles. The van der Waals surface area contributed by atoms with Gasteiger partial charge < -0.3 is 15.2 Å². The first-order valence-corrected chi connectivity index (χ1v) is 6.80. The number of methoxy groups -OCH3 is 1. The Morgan fingerprint density at radius 2 is 1.59 bits per heavy atom. The average Bonchev–Trinajstić information content (AvgIpc) is 2.55. The zero-order valence-electron chi connectivity index (χ0n) is 12.2. The fourth-order valence-corrected chi connectivity index (χ4v) is 1.96. The number of ketones is 1. The molecule has 0 aromatic heterocycles. The van der Waals surface area contributed by atoms with Crippen LogP contribution in [-0.2, 0) is 6.54 Å². The molecule has 0 radical (unpaired) electrons. The van der Waals surface area contributed by atoms with Crippen LogP contribution in [0, 0.1) is 0 Å². The van der Waals surface area contributed by atoms with E-state index in [0.717, 1.165) is 5.56 Å². The van der Waals surface area contributed by atoms with Crippen molar-refractivity contribution in [3.63, 3.8) is 0 Å². The van der Waals surface area contributed by atoms with Crippen molar-refractivity contribution >= 4 is 11.8 Å². The zero-order valence-corrected chi connectivity index (χ0v) is 12.2. The topological polar surface area (TPSA) is 75.6 Å². The Hall–Kier alpha value is -2.66. The monoisotopic (exact) mass is 299 g/mol. The van der Waals surface area contributed by atoms with E-state index < -0.39 is 5.97 Å². The Balaban J connectivity index is 1.84. The zero-order chi connectivity index (χ0) is 15.9. The summed E-state index contributed by atoms with van der Waals surface area (Å²) in [6, 6.07) is 13.5. The summed E-state index contributed by atoms with van der Waals surface area (Å²) in [7, 11) is 1.58. The second-order valence-electron chi connectivity index (χ2n) is 4.76. The van der Waals surface area contributed by atoms with E-state index in [1.54, 1.807) is 55.6 Å². The average molecular weight is 299 g/mol. The summed E-state index contributed by atoms with van der Waals surface area (Å²) < 4.78 is 5.05. The molecular weight excluding hydrogens is 282 g/mol. The number of carbonyl (C=O) groups is 2. The molecule has 5 heteroatoms. The maximum Gasteiger partial charge on any atom is 0.335 e. The molecule has 0 spiro atoms. The van der Waals surface area contributed by atoms with E-state index >= 15 is 0 Å². The molecule has 0 fully saturated rings. The van der Waals surface area contributed by atoms with Crippen LogP contribution < -0.4 is 10.1 Å². The second-order valence-corrected chi connectivity index (χ2v) is 4.76. The highest BCUT2D eigenvalue weighted by Crippen LogP contribution is 2.11. The van der Waals surface area contributed by atoms with Crippen LogP contribution in [0.15, 0.2) is 48.5 Å². The van der Waals surface area contributed by atoms with Crippen LogP contribution in [0.1, 0.15) is 26.3 Å². The summed E-state index contributed by atoms with van der Waals surface area (Å²) in [5.74, 6) is -0.248. The van der Waals surface area contributed by atoms with E-state index in [1.165, 1.54) is 0 Å². The van der Waals surface area contributed by atoms with Crippen molar-refractivity contribution in [1.82, 2.24) is 5.32 Å². The van der Waals surface area contributed by atoms with Gasteiger partial charge in [-0.1, -0.05) is 12.1 Å². The minimum absolute atomic E-state index is 0.00944. The van der Waals surface area contributed by atoms with Gasteiger partial charge in [0.15, 0.2) is 5.78 Å². The lowest BCUT2D eigenvalue weighted by molar-refractivity contribution is 0.0696. The lowest BCUT2D eigenvalue weighted by Crippen LogP contribution is -2.22. The number of hydrogen-bond acceptors (Lipinski definition) is 4. The van der Waals surface area contributed by atoms with Crippen LogP contribution in [0.2, 0.25) is 0 Å². The van der Waals surface area contributed by atoms with Gasteiger partial charge in [0.05, 0.1) is 19.2 Å². The van der Waals surface area contributed by atoms with Crippen LogP contribution in [-0.4, -0.2) is 30.5 Å². The van der Waals surface area contributed by atoms with Crippen molar-refractivity contribution < 1.29 is 19.4 Å². The van der Waals surface area contributed by atoms with E-state index in [0.29, 0.717) is 17.9 Å². The third-order valence-electron chi connectivity index (χ3n) is 3.23. The van der Waals surface area contributed by atoms with Crippen molar-refractivity contribution in [3.8, 4) is 5.75 Å². The minimum atomic E-state index is -0.950. The summed E-state index contributed by atoms with van der Waals surface area (Å²) in [6.07, 6.45) is 0. The van der Waals surface area contributed by atoms with Gasteiger partial charge in [0.1, 0.15) is 5.75 Å². The number of benzene rings is 2. The maximum absolute atomic E-state index is 12.0. The predicted octanol–water partition coefficient (Wildman–Crippen LogP) is 2.37. The predicted molar refractivity (Wildman–Crippen MR) is 82.4 cm³/mol. The normalized spacial score (nSPS) is 10.2. The lowest BCUT2D eigenvalue weighted by Gasteiger charge is -2.06. The molecule has 2 N–H and O–H groups in total. The first-order valence-electron chi connectivity index (χ1n) is 6.80. The van der Waals surface area contributed by atoms with E-state index in [4.69, 9.17) is 9.84 Å². The van der Waals surface area contributed by atoms with Gasteiger partial charge in [0.2, 0.25) is 0 Å². The van der Waals surface area contributed by atoms with Crippen molar-refractivity contribution in [2.75, 3.05) is 13.7 Å². The molecule has 0 saturated heterocycles. The SMILES string of the molecule is COc1ccc(C(=O)CNCc2ccc(C(=O)O)cc2)cc1. The molecule has 0 saturated carbocycles. The Labute approximate surface area is 128 Å². The van der Waals surface area contributed by atoms with Gasteiger partial charge in [-0.25, -0.2) is 4.79 Å².